The molecule has 2 nitrogen and oxygen atoms in total. The summed E-state index contributed by atoms with van der Waals surface area (Å²) in [4.78, 5) is 0. The van der Waals surface area contributed by atoms with Gasteiger partial charge < -0.3 is 10.1 Å². The van der Waals surface area contributed by atoms with E-state index in [9.17, 15) is 0 Å². The van der Waals surface area contributed by atoms with E-state index in [4.69, 9.17) is 16.3 Å². The Hall–Kier alpha value is -1.51. The molecule has 0 spiro atoms. The van der Waals surface area contributed by atoms with Gasteiger partial charge in [-0.2, -0.15) is 0 Å². The number of benzene rings is 2. The van der Waals surface area contributed by atoms with E-state index in [1.165, 1.54) is 5.56 Å². The number of aryl methyl sites for hydroxylation is 2. The van der Waals surface area contributed by atoms with E-state index < -0.39 is 0 Å². The number of ether oxygens (including phenoxy) is 1. The smallest absolute Gasteiger partial charge is 0.122 e. The lowest BCUT2D eigenvalue weighted by atomic mass is 9.97. The number of halogens is 1. The molecule has 2 rings (SSSR count). The van der Waals surface area contributed by atoms with Crippen LogP contribution < -0.4 is 10.1 Å². The molecule has 0 amide bonds. The molecule has 0 radical (unpaired) electrons. The van der Waals surface area contributed by atoms with Crippen molar-refractivity contribution in [1.29, 1.82) is 0 Å². The zero-order chi connectivity index (χ0) is 14.7. The van der Waals surface area contributed by atoms with Crippen LogP contribution in [-0.4, -0.2) is 14.2 Å². The lowest BCUT2D eigenvalue weighted by molar-refractivity contribution is 0.411. The molecule has 3 heteroatoms. The van der Waals surface area contributed by atoms with Crippen LogP contribution in [0.2, 0.25) is 5.02 Å². The Morgan fingerprint density at radius 2 is 1.80 bits per heavy atom. The second-order valence-corrected chi connectivity index (χ2v) is 5.39. The van der Waals surface area contributed by atoms with Gasteiger partial charge in [0, 0.05) is 17.1 Å². The first-order chi connectivity index (χ1) is 9.56. The Morgan fingerprint density at radius 1 is 1.05 bits per heavy atom. The van der Waals surface area contributed by atoms with Crippen molar-refractivity contribution in [3.8, 4) is 16.9 Å². The zero-order valence-electron chi connectivity index (χ0n) is 12.4. The molecule has 0 aromatic heterocycles. The molecule has 0 saturated carbocycles. The van der Waals surface area contributed by atoms with Gasteiger partial charge in [-0.05, 0) is 61.3 Å². The molecule has 0 heterocycles. The molecule has 20 heavy (non-hydrogen) atoms. The molecular formula is C17H20ClNO. The van der Waals surface area contributed by atoms with E-state index in [0.717, 1.165) is 39.6 Å². The van der Waals surface area contributed by atoms with Gasteiger partial charge in [0.05, 0.1) is 7.11 Å². The van der Waals surface area contributed by atoms with Gasteiger partial charge in [-0.25, -0.2) is 0 Å². The van der Waals surface area contributed by atoms with Gasteiger partial charge in [-0.1, -0.05) is 23.7 Å². The average Bonchev–Trinajstić information content (AvgIpc) is 2.42. The molecule has 2 aromatic rings. The fourth-order valence-corrected chi connectivity index (χ4v) is 2.70. The third kappa shape index (κ3) is 2.97. The molecule has 2 aromatic carbocycles. The third-order valence-corrected chi connectivity index (χ3v) is 3.76. The van der Waals surface area contributed by atoms with E-state index in [1.54, 1.807) is 7.11 Å². The Bertz CT molecular complexity index is 623. The second-order valence-electron chi connectivity index (χ2n) is 4.98. The molecule has 0 saturated heterocycles. The molecule has 106 valence electrons. The van der Waals surface area contributed by atoms with Crippen LogP contribution in [0.3, 0.4) is 0 Å². The maximum atomic E-state index is 6.44. The molecular weight excluding hydrogens is 270 g/mol. The molecule has 0 fully saturated rings. The maximum Gasteiger partial charge on any atom is 0.122 e. The molecule has 0 atom stereocenters. The molecule has 1 N–H and O–H groups in total. The van der Waals surface area contributed by atoms with Crippen molar-refractivity contribution in [2.75, 3.05) is 14.2 Å². The van der Waals surface area contributed by atoms with E-state index in [2.05, 4.69) is 36.5 Å². The standard InChI is InChI=1S/C17H20ClNO/c1-11-8-17(20-4)12(2)7-15(11)14-6-5-13(10-19-3)9-16(14)18/h5-9,19H,10H2,1-4H3. The van der Waals surface area contributed by atoms with Gasteiger partial charge in [0.25, 0.3) is 0 Å². The third-order valence-electron chi connectivity index (χ3n) is 3.45. The van der Waals surface area contributed by atoms with Gasteiger partial charge >= 0.3 is 0 Å². The summed E-state index contributed by atoms with van der Waals surface area (Å²) in [6, 6.07) is 10.4. The van der Waals surface area contributed by atoms with E-state index >= 15 is 0 Å². The first-order valence-electron chi connectivity index (χ1n) is 6.65. The SMILES string of the molecule is CNCc1ccc(-c2cc(C)c(OC)cc2C)c(Cl)c1. The Labute approximate surface area is 125 Å². The van der Waals surface area contributed by atoms with Crippen molar-refractivity contribution < 1.29 is 4.74 Å². The number of hydrogen-bond acceptors (Lipinski definition) is 2. The molecule has 0 aliphatic rings. The van der Waals surface area contributed by atoms with E-state index in [-0.39, 0.29) is 0 Å². The highest BCUT2D eigenvalue weighted by Gasteiger charge is 2.10. The zero-order valence-corrected chi connectivity index (χ0v) is 13.1. The van der Waals surface area contributed by atoms with Crippen molar-refractivity contribution >= 4 is 11.6 Å². The van der Waals surface area contributed by atoms with Crippen LogP contribution in [0.1, 0.15) is 16.7 Å². The van der Waals surface area contributed by atoms with Crippen molar-refractivity contribution in [1.82, 2.24) is 5.32 Å². The Morgan fingerprint density at radius 3 is 2.40 bits per heavy atom. The summed E-state index contributed by atoms with van der Waals surface area (Å²) in [5.41, 5.74) is 5.68. The number of methoxy groups -OCH3 is 1. The van der Waals surface area contributed by atoms with E-state index in [1.807, 2.05) is 20.0 Å². The quantitative estimate of drug-likeness (QED) is 0.903. The highest BCUT2D eigenvalue weighted by atomic mass is 35.5. The van der Waals surface area contributed by atoms with Crippen molar-refractivity contribution in [2.45, 2.75) is 20.4 Å². The minimum absolute atomic E-state index is 0.783. The lowest BCUT2D eigenvalue weighted by Crippen LogP contribution is -2.04. The summed E-state index contributed by atoms with van der Waals surface area (Å²) in [5.74, 6) is 0.911. The molecule has 0 unspecified atom stereocenters. The minimum atomic E-state index is 0.783. The van der Waals surface area contributed by atoms with Gasteiger partial charge in [0.2, 0.25) is 0 Å². The normalized spacial score (nSPS) is 10.7. The molecule has 0 bridgehead atoms. The van der Waals surface area contributed by atoms with Crippen LogP contribution in [0.5, 0.6) is 5.75 Å². The highest BCUT2D eigenvalue weighted by Crippen LogP contribution is 2.34. The topological polar surface area (TPSA) is 21.3 Å². The first-order valence-corrected chi connectivity index (χ1v) is 7.03. The average molecular weight is 290 g/mol. The largest absolute Gasteiger partial charge is 0.496 e. The van der Waals surface area contributed by atoms with Crippen LogP contribution in [0.15, 0.2) is 30.3 Å². The van der Waals surface area contributed by atoms with Crippen LogP contribution in [0.4, 0.5) is 0 Å². The van der Waals surface area contributed by atoms with E-state index in [0.29, 0.717) is 0 Å². The predicted octanol–water partition coefficient (Wildman–Crippen LogP) is 4.35. The fraction of sp³-hybridized carbons (Fsp3) is 0.294. The highest BCUT2D eigenvalue weighted by molar-refractivity contribution is 6.33. The van der Waals surface area contributed by atoms with Crippen molar-refractivity contribution in [3.63, 3.8) is 0 Å². The van der Waals surface area contributed by atoms with Gasteiger partial charge in [-0.15, -0.1) is 0 Å². The molecule has 0 aliphatic heterocycles. The van der Waals surface area contributed by atoms with Crippen LogP contribution >= 0.6 is 11.6 Å². The Balaban J connectivity index is 2.49. The monoisotopic (exact) mass is 289 g/mol. The van der Waals surface area contributed by atoms with Crippen LogP contribution in [0.25, 0.3) is 11.1 Å². The van der Waals surface area contributed by atoms with Gasteiger partial charge in [0.15, 0.2) is 0 Å². The minimum Gasteiger partial charge on any atom is -0.496 e. The molecule has 0 aliphatic carbocycles. The predicted molar refractivity (Wildman–Crippen MR) is 85.7 cm³/mol. The number of nitrogens with one attached hydrogen (secondary N) is 1. The summed E-state index contributed by atoms with van der Waals surface area (Å²) >= 11 is 6.44. The van der Waals surface area contributed by atoms with Crippen molar-refractivity contribution in [2.24, 2.45) is 0 Å². The maximum absolute atomic E-state index is 6.44. The second kappa shape index (κ2) is 6.29. The summed E-state index contributed by atoms with van der Waals surface area (Å²) in [6.07, 6.45) is 0. The summed E-state index contributed by atoms with van der Waals surface area (Å²) in [7, 11) is 3.62. The van der Waals surface area contributed by atoms with Crippen molar-refractivity contribution in [3.05, 3.63) is 52.0 Å². The first kappa shape index (κ1) is 14.9. The Kier molecular flexibility index (Phi) is 4.69. The van der Waals surface area contributed by atoms with Crippen LogP contribution in [0, 0.1) is 13.8 Å². The fourth-order valence-electron chi connectivity index (χ4n) is 2.39. The number of hydrogen-bond donors (Lipinski definition) is 1. The summed E-state index contributed by atoms with van der Waals surface area (Å²) in [5, 5.41) is 3.91. The summed E-state index contributed by atoms with van der Waals surface area (Å²) < 4.78 is 5.36. The summed E-state index contributed by atoms with van der Waals surface area (Å²) in [6.45, 7) is 4.95. The van der Waals surface area contributed by atoms with Gasteiger partial charge in [-0.3, -0.25) is 0 Å². The lowest BCUT2D eigenvalue weighted by Gasteiger charge is -2.13. The van der Waals surface area contributed by atoms with Crippen LogP contribution in [-0.2, 0) is 6.54 Å². The number of rotatable bonds is 4. The van der Waals surface area contributed by atoms with Gasteiger partial charge in [0.1, 0.15) is 5.75 Å².